The molecule has 0 aromatic heterocycles. The van der Waals surface area contributed by atoms with E-state index in [1.807, 2.05) is 6.07 Å². The second kappa shape index (κ2) is 6.81. The van der Waals surface area contributed by atoms with Crippen LogP contribution in [0, 0.1) is 17.1 Å². The van der Waals surface area contributed by atoms with Crippen molar-refractivity contribution in [2.24, 2.45) is 5.73 Å². The zero-order chi connectivity index (χ0) is 13.4. The smallest absolute Gasteiger partial charge is 0.248 e. The molecular weight excluding hydrogens is 231 g/mol. The van der Waals surface area contributed by atoms with E-state index < -0.39 is 5.91 Å². The Hall–Kier alpha value is -2.67. The van der Waals surface area contributed by atoms with Gasteiger partial charge in [-0.15, -0.1) is 0 Å². The van der Waals surface area contributed by atoms with Crippen LogP contribution in [0.2, 0.25) is 0 Å². The number of hydrogen-bond acceptors (Lipinski definition) is 2. The lowest BCUT2D eigenvalue weighted by molar-refractivity contribution is 0.100. The van der Waals surface area contributed by atoms with Gasteiger partial charge < -0.3 is 5.73 Å². The third-order valence-corrected chi connectivity index (χ3v) is 2.01. The van der Waals surface area contributed by atoms with Gasteiger partial charge in [-0.3, -0.25) is 4.79 Å². The zero-order valence-corrected chi connectivity index (χ0v) is 9.51. The number of nitrogens with zero attached hydrogens (tertiary/aromatic N) is 1. The van der Waals surface area contributed by atoms with Gasteiger partial charge in [0.05, 0.1) is 11.6 Å². The van der Waals surface area contributed by atoms with Crippen LogP contribution in [0.15, 0.2) is 54.6 Å². The van der Waals surface area contributed by atoms with Crippen molar-refractivity contribution in [1.29, 1.82) is 5.26 Å². The normalized spacial score (nSPS) is 8.67. The lowest BCUT2D eigenvalue weighted by atomic mass is 10.1. The fourth-order valence-electron chi connectivity index (χ4n) is 1.16. The first-order valence-corrected chi connectivity index (χ1v) is 5.14. The van der Waals surface area contributed by atoms with Gasteiger partial charge in [-0.25, -0.2) is 4.39 Å². The van der Waals surface area contributed by atoms with E-state index in [-0.39, 0.29) is 5.82 Å². The number of carbonyl (C=O) groups excluding carboxylic acids is 1. The van der Waals surface area contributed by atoms with Crippen LogP contribution in [0.25, 0.3) is 0 Å². The van der Waals surface area contributed by atoms with E-state index in [0.717, 1.165) is 0 Å². The quantitative estimate of drug-likeness (QED) is 0.834. The van der Waals surface area contributed by atoms with Crippen molar-refractivity contribution in [2.45, 2.75) is 0 Å². The van der Waals surface area contributed by atoms with E-state index in [2.05, 4.69) is 0 Å². The van der Waals surface area contributed by atoms with Gasteiger partial charge in [-0.05, 0) is 30.3 Å². The van der Waals surface area contributed by atoms with Crippen LogP contribution in [0.5, 0.6) is 0 Å². The molecule has 2 N–H and O–H groups in total. The third-order valence-electron chi connectivity index (χ3n) is 2.01. The highest BCUT2D eigenvalue weighted by atomic mass is 19.1. The van der Waals surface area contributed by atoms with E-state index in [4.69, 9.17) is 11.0 Å². The first-order valence-electron chi connectivity index (χ1n) is 5.14. The molecule has 0 aliphatic carbocycles. The first-order chi connectivity index (χ1) is 8.63. The minimum Gasteiger partial charge on any atom is -0.366 e. The number of hydrogen-bond donors (Lipinski definition) is 1. The topological polar surface area (TPSA) is 66.9 Å². The Balaban J connectivity index is 0.000000199. The molecule has 3 nitrogen and oxygen atoms in total. The number of nitrogens with two attached hydrogens (primary N) is 1. The van der Waals surface area contributed by atoms with E-state index in [9.17, 15) is 9.18 Å². The van der Waals surface area contributed by atoms with Crippen molar-refractivity contribution < 1.29 is 9.18 Å². The molecule has 2 aromatic carbocycles. The van der Waals surface area contributed by atoms with Gasteiger partial charge in [0.15, 0.2) is 0 Å². The second-order valence-corrected chi connectivity index (χ2v) is 3.35. The van der Waals surface area contributed by atoms with E-state index in [0.29, 0.717) is 11.1 Å². The molecule has 0 radical (unpaired) electrons. The first kappa shape index (κ1) is 13.4. The Morgan fingerprint density at radius 2 is 1.78 bits per heavy atom. The van der Waals surface area contributed by atoms with Gasteiger partial charge in [-0.1, -0.05) is 24.3 Å². The summed E-state index contributed by atoms with van der Waals surface area (Å²) in [5.74, 6) is -0.690. The second-order valence-electron chi connectivity index (χ2n) is 3.35. The van der Waals surface area contributed by atoms with Gasteiger partial charge in [0, 0.05) is 5.56 Å². The van der Waals surface area contributed by atoms with Crippen molar-refractivity contribution in [3.05, 3.63) is 71.5 Å². The maximum atomic E-state index is 11.9. The molecule has 0 saturated carbocycles. The monoisotopic (exact) mass is 242 g/mol. The highest BCUT2D eigenvalue weighted by molar-refractivity contribution is 5.93. The van der Waals surface area contributed by atoms with Crippen molar-refractivity contribution in [3.63, 3.8) is 0 Å². The SMILES string of the molecule is Fc1ccccc1.N#Cc1cccc(C(N)=O)c1. The number of primary amides is 1. The predicted octanol–water partition coefficient (Wildman–Crippen LogP) is 2.48. The average Bonchev–Trinajstić information content (AvgIpc) is 2.40. The fraction of sp³-hybridized carbons (Fsp3) is 0. The van der Waals surface area contributed by atoms with Gasteiger partial charge in [0.2, 0.25) is 5.91 Å². The minimum atomic E-state index is -0.512. The Labute approximate surface area is 104 Å². The van der Waals surface area contributed by atoms with E-state index >= 15 is 0 Å². The molecule has 0 unspecified atom stereocenters. The molecule has 18 heavy (non-hydrogen) atoms. The third kappa shape index (κ3) is 4.45. The van der Waals surface area contributed by atoms with Gasteiger partial charge in [-0.2, -0.15) is 5.26 Å². The molecule has 2 aromatic rings. The van der Waals surface area contributed by atoms with Gasteiger partial charge in [0.25, 0.3) is 0 Å². The Kier molecular flexibility index (Phi) is 5.07. The highest BCUT2D eigenvalue weighted by Gasteiger charge is 1.99. The Morgan fingerprint density at radius 1 is 1.11 bits per heavy atom. The summed E-state index contributed by atoms with van der Waals surface area (Å²) in [6.45, 7) is 0. The van der Waals surface area contributed by atoms with Crippen molar-refractivity contribution in [3.8, 4) is 6.07 Å². The van der Waals surface area contributed by atoms with Crippen LogP contribution >= 0.6 is 0 Å². The summed E-state index contributed by atoms with van der Waals surface area (Å²) in [5, 5.41) is 8.44. The number of amides is 1. The van der Waals surface area contributed by atoms with E-state index in [1.165, 1.54) is 18.2 Å². The van der Waals surface area contributed by atoms with Crippen LogP contribution in [-0.2, 0) is 0 Å². The van der Waals surface area contributed by atoms with Gasteiger partial charge >= 0.3 is 0 Å². The minimum absolute atomic E-state index is 0.178. The number of rotatable bonds is 1. The molecule has 0 aliphatic rings. The number of halogens is 1. The largest absolute Gasteiger partial charge is 0.366 e. The maximum Gasteiger partial charge on any atom is 0.248 e. The molecule has 2 rings (SSSR count). The molecule has 0 aliphatic heterocycles. The molecule has 0 heterocycles. The molecule has 1 amide bonds. The average molecular weight is 242 g/mol. The summed E-state index contributed by atoms with van der Waals surface area (Å²) < 4.78 is 11.9. The predicted molar refractivity (Wildman–Crippen MR) is 66.1 cm³/mol. The zero-order valence-electron chi connectivity index (χ0n) is 9.51. The molecular formula is C14H11FN2O. The van der Waals surface area contributed by atoms with Crippen LogP contribution in [0.4, 0.5) is 4.39 Å². The summed E-state index contributed by atoms with van der Waals surface area (Å²) in [5.41, 5.74) is 5.80. The highest BCUT2D eigenvalue weighted by Crippen LogP contribution is 2.02. The molecule has 0 spiro atoms. The molecule has 0 saturated heterocycles. The van der Waals surface area contributed by atoms with Crippen molar-refractivity contribution in [1.82, 2.24) is 0 Å². The molecule has 0 bridgehead atoms. The van der Waals surface area contributed by atoms with Crippen LogP contribution in [0.1, 0.15) is 15.9 Å². The Morgan fingerprint density at radius 3 is 2.22 bits per heavy atom. The summed E-state index contributed by atoms with van der Waals surface area (Å²) >= 11 is 0. The van der Waals surface area contributed by atoms with Crippen LogP contribution < -0.4 is 5.73 Å². The van der Waals surface area contributed by atoms with Crippen molar-refractivity contribution >= 4 is 5.91 Å². The van der Waals surface area contributed by atoms with Gasteiger partial charge in [0.1, 0.15) is 5.82 Å². The van der Waals surface area contributed by atoms with Crippen LogP contribution in [-0.4, -0.2) is 5.91 Å². The number of benzene rings is 2. The van der Waals surface area contributed by atoms with E-state index in [1.54, 1.807) is 36.4 Å². The summed E-state index contributed by atoms with van der Waals surface area (Å²) in [4.78, 5) is 10.6. The lowest BCUT2D eigenvalue weighted by Crippen LogP contribution is -2.10. The molecule has 0 atom stereocenters. The number of carbonyl (C=O) groups is 1. The molecule has 90 valence electrons. The fourth-order valence-corrected chi connectivity index (χ4v) is 1.16. The summed E-state index contributed by atoms with van der Waals surface area (Å²) in [7, 11) is 0. The summed E-state index contributed by atoms with van der Waals surface area (Å²) in [6, 6.07) is 16.1. The lowest BCUT2D eigenvalue weighted by Gasteiger charge is -1.93. The summed E-state index contributed by atoms with van der Waals surface area (Å²) in [6.07, 6.45) is 0. The number of nitriles is 1. The van der Waals surface area contributed by atoms with Crippen LogP contribution in [0.3, 0.4) is 0 Å². The van der Waals surface area contributed by atoms with Crippen molar-refractivity contribution in [2.75, 3.05) is 0 Å². The Bertz CT molecular complexity index is 562. The molecule has 0 fully saturated rings. The maximum absolute atomic E-state index is 11.9. The standard InChI is InChI=1S/C8H6N2O.C6H5F/c9-5-6-2-1-3-7(4-6)8(10)11;7-6-4-2-1-3-5-6/h1-4H,(H2,10,11);1-5H. The molecule has 4 heteroatoms.